The Morgan fingerprint density at radius 2 is 1.85 bits per heavy atom. The van der Waals surface area contributed by atoms with Crippen LogP contribution in [0.1, 0.15) is 36.6 Å². The molecule has 0 radical (unpaired) electrons. The van der Waals surface area contributed by atoms with Crippen LogP contribution in [0.25, 0.3) is 0 Å². The van der Waals surface area contributed by atoms with Crippen molar-refractivity contribution >= 4 is 11.5 Å². The number of nitrogen functional groups attached to an aromatic ring is 1. The van der Waals surface area contributed by atoms with E-state index in [4.69, 9.17) is 5.73 Å². The summed E-state index contributed by atoms with van der Waals surface area (Å²) in [4.78, 5) is 7.00. The monoisotopic (exact) mass is 353 g/mol. The lowest BCUT2D eigenvalue weighted by molar-refractivity contribution is 0.233. The first-order chi connectivity index (χ1) is 12.7. The molecular formula is C21H31N5. The quantitative estimate of drug-likeness (QED) is 0.637. The number of benzene rings is 1. The lowest BCUT2D eigenvalue weighted by atomic mass is 10.1. The molecule has 4 N–H and O–H groups in total. The average Bonchev–Trinajstić information content (AvgIpc) is 2.64. The molecule has 5 nitrogen and oxygen atoms in total. The molecule has 1 aliphatic rings. The fourth-order valence-electron chi connectivity index (χ4n) is 3.31. The van der Waals surface area contributed by atoms with E-state index in [2.05, 4.69) is 57.8 Å². The predicted octanol–water partition coefficient (Wildman–Crippen LogP) is 2.87. The van der Waals surface area contributed by atoms with Crippen LogP contribution in [0.4, 0.5) is 11.5 Å². The van der Waals surface area contributed by atoms with Gasteiger partial charge in [-0.05, 0) is 23.6 Å². The molecule has 0 unspecified atom stereocenters. The predicted molar refractivity (Wildman–Crippen MR) is 109 cm³/mol. The van der Waals surface area contributed by atoms with Gasteiger partial charge in [-0.1, -0.05) is 37.6 Å². The zero-order valence-corrected chi connectivity index (χ0v) is 15.8. The van der Waals surface area contributed by atoms with Crippen LogP contribution in [0.3, 0.4) is 0 Å². The van der Waals surface area contributed by atoms with Gasteiger partial charge in [-0.3, -0.25) is 4.90 Å². The van der Waals surface area contributed by atoms with Crippen molar-refractivity contribution < 1.29 is 0 Å². The second kappa shape index (κ2) is 9.55. The summed E-state index contributed by atoms with van der Waals surface area (Å²) in [6.07, 6.45) is 3.15. The first-order valence-corrected chi connectivity index (χ1v) is 9.74. The molecule has 1 aromatic heterocycles. The number of nitrogens with two attached hydrogens (primary N) is 1. The summed E-state index contributed by atoms with van der Waals surface area (Å²) in [6.45, 7) is 8.64. The van der Waals surface area contributed by atoms with Gasteiger partial charge in [-0.15, -0.1) is 0 Å². The molecule has 0 atom stereocenters. The van der Waals surface area contributed by atoms with Gasteiger partial charge in [0, 0.05) is 63.1 Å². The van der Waals surface area contributed by atoms with Crippen LogP contribution in [0.2, 0.25) is 0 Å². The maximum Gasteiger partial charge on any atom is 0.125 e. The molecule has 0 aliphatic carbocycles. The summed E-state index contributed by atoms with van der Waals surface area (Å²) in [7, 11) is 0. The van der Waals surface area contributed by atoms with Gasteiger partial charge in [0.05, 0.1) is 0 Å². The molecule has 2 aromatic rings. The number of aromatic nitrogens is 1. The van der Waals surface area contributed by atoms with Crippen LogP contribution in [0, 0.1) is 0 Å². The maximum atomic E-state index is 5.98. The third-order valence-corrected chi connectivity index (χ3v) is 4.78. The van der Waals surface area contributed by atoms with Gasteiger partial charge in [0.25, 0.3) is 0 Å². The van der Waals surface area contributed by atoms with E-state index in [0.717, 1.165) is 63.5 Å². The number of pyridine rings is 1. The van der Waals surface area contributed by atoms with Gasteiger partial charge in [0.15, 0.2) is 0 Å². The van der Waals surface area contributed by atoms with Crippen LogP contribution in [-0.4, -0.2) is 42.6 Å². The van der Waals surface area contributed by atoms with Gasteiger partial charge >= 0.3 is 0 Å². The largest absolute Gasteiger partial charge is 0.385 e. The Labute approximate surface area is 157 Å². The number of unbranched alkanes of at least 4 members (excludes halogenated alkanes) is 1. The van der Waals surface area contributed by atoms with Crippen LogP contribution >= 0.6 is 0 Å². The van der Waals surface area contributed by atoms with Gasteiger partial charge in [-0.2, -0.15) is 0 Å². The minimum absolute atomic E-state index is 0.580. The van der Waals surface area contributed by atoms with Gasteiger partial charge in [-0.25, -0.2) is 4.98 Å². The van der Waals surface area contributed by atoms with Crippen molar-refractivity contribution in [1.29, 1.82) is 0 Å². The first kappa shape index (κ1) is 18.7. The van der Waals surface area contributed by atoms with Gasteiger partial charge in [0.2, 0.25) is 0 Å². The van der Waals surface area contributed by atoms with E-state index in [1.165, 1.54) is 17.5 Å². The Balaban J connectivity index is 1.59. The Kier molecular flexibility index (Phi) is 6.86. The normalized spacial score (nSPS) is 15.1. The molecule has 2 heterocycles. The Hall–Kier alpha value is -2.11. The molecule has 3 rings (SSSR count). The maximum absolute atomic E-state index is 5.98. The Bertz CT molecular complexity index is 677. The second-order valence-corrected chi connectivity index (χ2v) is 7.07. The third kappa shape index (κ3) is 5.71. The SMILES string of the molecule is CCCCNc1cc(N)nc(Cc2ccc(CN3CCNCC3)cc2)c1. The van der Waals surface area contributed by atoms with Crippen LogP contribution in [-0.2, 0) is 13.0 Å². The molecule has 0 saturated carbocycles. The summed E-state index contributed by atoms with van der Waals surface area (Å²) < 4.78 is 0. The lowest BCUT2D eigenvalue weighted by Gasteiger charge is -2.27. The highest BCUT2D eigenvalue weighted by Crippen LogP contribution is 2.17. The van der Waals surface area contributed by atoms with E-state index in [1.807, 2.05) is 6.07 Å². The summed E-state index contributed by atoms with van der Waals surface area (Å²) in [5.74, 6) is 0.580. The Morgan fingerprint density at radius 3 is 2.58 bits per heavy atom. The van der Waals surface area contributed by atoms with Crippen LogP contribution < -0.4 is 16.4 Å². The number of rotatable bonds is 8. The Morgan fingerprint density at radius 1 is 1.12 bits per heavy atom. The molecular weight excluding hydrogens is 322 g/mol. The average molecular weight is 354 g/mol. The first-order valence-electron chi connectivity index (χ1n) is 9.74. The summed E-state index contributed by atoms with van der Waals surface area (Å²) in [6, 6.07) is 12.9. The van der Waals surface area contributed by atoms with Crippen molar-refractivity contribution in [2.45, 2.75) is 32.7 Å². The van der Waals surface area contributed by atoms with E-state index in [0.29, 0.717) is 5.82 Å². The second-order valence-electron chi connectivity index (χ2n) is 7.07. The lowest BCUT2D eigenvalue weighted by Crippen LogP contribution is -2.42. The smallest absolute Gasteiger partial charge is 0.125 e. The van der Waals surface area contributed by atoms with Gasteiger partial charge < -0.3 is 16.4 Å². The summed E-state index contributed by atoms with van der Waals surface area (Å²) in [5.41, 5.74) is 10.7. The van der Waals surface area contributed by atoms with Crippen molar-refractivity contribution in [3.63, 3.8) is 0 Å². The van der Waals surface area contributed by atoms with Crippen molar-refractivity contribution in [3.8, 4) is 0 Å². The zero-order chi connectivity index (χ0) is 18.2. The summed E-state index contributed by atoms with van der Waals surface area (Å²) >= 11 is 0. The van der Waals surface area contributed by atoms with Crippen molar-refractivity contribution in [2.24, 2.45) is 0 Å². The number of piperazine rings is 1. The van der Waals surface area contributed by atoms with Crippen LogP contribution in [0.15, 0.2) is 36.4 Å². The number of nitrogens with zero attached hydrogens (tertiary/aromatic N) is 2. The fourth-order valence-corrected chi connectivity index (χ4v) is 3.31. The fraction of sp³-hybridized carbons (Fsp3) is 0.476. The number of hydrogen-bond donors (Lipinski definition) is 3. The standard InChI is InChI=1S/C21H31N5/c1-2-3-8-24-19-14-20(25-21(22)15-19)13-17-4-6-18(7-5-17)16-26-11-9-23-10-12-26/h4-7,14-15,23H,2-3,8-13,16H2,1H3,(H3,22,24,25). The highest BCUT2D eigenvalue weighted by atomic mass is 15.2. The highest BCUT2D eigenvalue weighted by molar-refractivity contribution is 5.52. The molecule has 1 saturated heterocycles. The minimum Gasteiger partial charge on any atom is -0.385 e. The van der Waals surface area contributed by atoms with Crippen molar-refractivity contribution in [1.82, 2.24) is 15.2 Å². The van der Waals surface area contributed by atoms with E-state index in [-0.39, 0.29) is 0 Å². The van der Waals surface area contributed by atoms with E-state index in [1.54, 1.807) is 0 Å². The zero-order valence-electron chi connectivity index (χ0n) is 15.8. The molecule has 0 amide bonds. The summed E-state index contributed by atoms with van der Waals surface area (Å²) in [5, 5.41) is 6.83. The molecule has 1 aromatic carbocycles. The molecule has 140 valence electrons. The molecule has 1 fully saturated rings. The topological polar surface area (TPSA) is 66.2 Å². The van der Waals surface area contributed by atoms with Crippen LogP contribution in [0.5, 0.6) is 0 Å². The third-order valence-electron chi connectivity index (χ3n) is 4.78. The van der Waals surface area contributed by atoms with E-state index in [9.17, 15) is 0 Å². The molecule has 5 heteroatoms. The number of hydrogen-bond acceptors (Lipinski definition) is 5. The molecule has 26 heavy (non-hydrogen) atoms. The number of anilines is 2. The van der Waals surface area contributed by atoms with Crippen molar-refractivity contribution in [3.05, 3.63) is 53.2 Å². The highest BCUT2D eigenvalue weighted by Gasteiger charge is 2.10. The molecule has 1 aliphatic heterocycles. The number of nitrogens with one attached hydrogen (secondary N) is 2. The molecule has 0 bridgehead atoms. The van der Waals surface area contributed by atoms with Gasteiger partial charge in [0.1, 0.15) is 5.82 Å². The van der Waals surface area contributed by atoms with E-state index < -0.39 is 0 Å². The van der Waals surface area contributed by atoms with Crippen molar-refractivity contribution in [2.75, 3.05) is 43.8 Å². The molecule has 0 spiro atoms. The van der Waals surface area contributed by atoms with E-state index >= 15 is 0 Å². The minimum atomic E-state index is 0.580.